The monoisotopic (exact) mass is 414 g/mol. The number of ether oxygens (including phenoxy) is 1. The van der Waals surface area contributed by atoms with Crippen LogP contribution in [0.3, 0.4) is 0 Å². The van der Waals surface area contributed by atoms with Gasteiger partial charge in [-0.25, -0.2) is 13.2 Å². The van der Waals surface area contributed by atoms with Gasteiger partial charge in [0.05, 0.1) is 23.9 Å². The Morgan fingerprint density at radius 3 is 2.82 bits per heavy atom. The van der Waals surface area contributed by atoms with Gasteiger partial charge >= 0.3 is 6.09 Å². The Bertz CT molecular complexity index is 783. The summed E-state index contributed by atoms with van der Waals surface area (Å²) in [6.07, 6.45) is 1.58. The van der Waals surface area contributed by atoms with Crippen LogP contribution in [-0.4, -0.2) is 79.9 Å². The van der Waals surface area contributed by atoms with Gasteiger partial charge < -0.3 is 20.1 Å². The first-order chi connectivity index (χ1) is 13.2. The van der Waals surface area contributed by atoms with Crippen molar-refractivity contribution in [2.75, 3.05) is 19.4 Å². The number of carboxylic acid groups (broad SMARTS) is 1. The molecule has 10 nitrogen and oxygen atoms in total. The molecule has 1 saturated carbocycles. The number of amidine groups is 1. The summed E-state index contributed by atoms with van der Waals surface area (Å²) in [5, 5.41) is 11.3. The van der Waals surface area contributed by atoms with Gasteiger partial charge in [-0.3, -0.25) is 14.5 Å². The molecule has 0 aromatic heterocycles. The normalized spacial score (nSPS) is 36.3. The minimum absolute atomic E-state index is 0.0652. The third-order valence-corrected chi connectivity index (χ3v) is 6.72. The van der Waals surface area contributed by atoms with Crippen molar-refractivity contribution < 1.29 is 27.9 Å². The first-order valence-corrected chi connectivity index (χ1v) is 10.9. The molecule has 2 heterocycles. The van der Waals surface area contributed by atoms with E-state index in [1.807, 2.05) is 0 Å². The molecular formula is C17H26N4O6S. The average molecular weight is 414 g/mol. The highest BCUT2D eigenvalue weighted by atomic mass is 32.2. The summed E-state index contributed by atoms with van der Waals surface area (Å²) in [4.78, 5) is 30.2. The second kappa shape index (κ2) is 8.08. The van der Waals surface area contributed by atoms with Crippen LogP contribution in [0.25, 0.3) is 0 Å². The van der Waals surface area contributed by atoms with E-state index >= 15 is 0 Å². The second-order valence-corrected chi connectivity index (χ2v) is 9.22. The zero-order valence-corrected chi connectivity index (χ0v) is 16.5. The van der Waals surface area contributed by atoms with E-state index in [-0.39, 0.29) is 49.0 Å². The zero-order valence-electron chi connectivity index (χ0n) is 15.7. The molecule has 0 radical (unpaired) electrons. The van der Waals surface area contributed by atoms with Gasteiger partial charge in [0.2, 0.25) is 15.9 Å². The fourth-order valence-corrected chi connectivity index (χ4v) is 4.88. The van der Waals surface area contributed by atoms with Gasteiger partial charge in [0.1, 0.15) is 11.9 Å². The van der Waals surface area contributed by atoms with E-state index in [0.29, 0.717) is 6.42 Å². The number of fused-ring (bicyclic) bond motifs is 1. The number of aliphatic imine (C=N–C) groups is 1. The molecule has 5 unspecified atom stereocenters. The van der Waals surface area contributed by atoms with Crippen LogP contribution in [-0.2, 0) is 19.6 Å². The number of nitrogens with one attached hydrogen (secondary N) is 2. The summed E-state index contributed by atoms with van der Waals surface area (Å²) in [6, 6.07) is -1.69. The van der Waals surface area contributed by atoms with Gasteiger partial charge in [0, 0.05) is 26.0 Å². The van der Waals surface area contributed by atoms with Gasteiger partial charge in [-0.05, 0) is 19.3 Å². The molecule has 3 aliphatic rings. The third-order valence-electron chi connectivity index (χ3n) is 5.37. The van der Waals surface area contributed by atoms with Crippen molar-refractivity contribution in [1.29, 1.82) is 0 Å². The summed E-state index contributed by atoms with van der Waals surface area (Å²) in [5.74, 6) is -0.194. The van der Waals surface area contributed by atoms with Crippen molar-refractivity contribution in [2.45, 2.75) is 49.9 Å². The van der Waals surface area contributed by atoms with Crippen molar-refractivity contribution in [2.24, 2.45) is 10.9 Å². The molecule has 2 saturated heterocycles. The average Bonchev–Trinajstić information content (AvgIpc) is 3.23. The van der Waals surface area contributed by atoms with Crippen molar-refractivity contribution in [3.63, 3.8) is 0 Å². The van der Waals surface area contributed by atoms with Crippen LogP contribution >= 0.6 is 0 Å². The quantitative estimate of drug-likeness (QED) is 0.551. The number of methoxy groups -OCH3 is 1. The summed E-state index contributed by atoms with van der Waals surface area (Å²) in [6.45, 7) is 3.98. The van der Waals surface area contributed by atoms with E-state index in [4.69, 9.17) is 9.84 Å². The van der Waals surface area contributed by atoms with Crippen molar-refractivity contribution >= 4 is 27.9 Å². The molecule has 0 spiro atoms. The molecule has 3 N–H and O–H groups in total. The Kier molecular flexibility index (Phi) is 5.94. The molecule has 3 fully saturated rings. The number of rotatable bonds is 4. The molecule has 0 aromatic rings. The Morgan fingerprint density at radius 2 is 2.21 bits per heavy atom. The van der Waals surface area contributed by atoms with Crippen molar-refractivity contribution in [3.05, 3.63) is 12.7 Å². The van der Waals surface area contributed by atoms with E-state index in [2.05, 4.69) is 21.6 Å². The zero-order chi connectivity index (χ0) is 20.5. The highest BCUT2D eigenvalue weighted by molar-refractivity contribution is 7.90. The van der Waals surface area contributed by atoms with Crippen LogP contribution in [0.1, 0.15) is 25.7 Å². The van der Waals surface area contributed by atoms with Gasteiger partial charge in [-0.2, -0.15) is 0 Å². The van der Waals surface area contributed by atoms with E-state index < -0.39 is 34.1 Å². The van der Waals surface area contributed by atoms with Gasteiger partial charge in [-0.1, -0.05) is 6.08 Å². The summed E-state index contributed by atoms with van der Waals surface area (Å²) in [5.41, 5.74) is 0. The Morgan fingerprint density at radius 1 is 1.46 bits per heavy atom. The molecule has 5 atom stereocenters. The summed E-state index contributed by atoms with van der Waals surface area (Å²) < 4.78 is 33.0. The Balaban J connectivity index is 1.96. The fraction of sp³-hybridized carbons (Fsp3) is 0.706. The van der Waals surface area contributed by atoms with Crippen LogP contribution in [0, 0.1) is 5.92 Å². The van der Waals surface area contributed by atoms with E-state index in [9.17, 15) is 18.0 Å². The predicted octanol–water partition coefficient (Wildman–Crippen LogP) is -0.0753. The van der Waals surface area contributed by atoms with E-state index in [0.717, 1.165) is 6.42 Å². The molecule has 3 rings (SSSR count). The lowest BCUT2D eigenvalue weighted by molar-refractivity contribution is -0.133. The first kappa shape index (κ1) is 20.6. The van der Waals surface area contributed by atoms with Crippen LogP contribution in [0.2, 0.25) is 0 Å². The number of carbonyl (C=O) groups excluding carboxylic acids is 1. The maximum atomic E-state index is 13.1. The minimum Gasteiger partial charge on any atom is -0.465 e. The number of nitrogens with zero attached hydrogens (tertiary/aromatic N) is 2. The topological polar surface area (TPSA) is 137 Å². The predicted molar refractivity (Wildman–Crippen MR) is 102 cm³/mol. The van der Waals surface area contributed by atoms with Crippen LogP contribution in [0.4, 0.5) is 4.79 Å². The van der Waals surface area contributed by atoms with Gasteiger partial charge in [-0.15, -0.1) is 6.58 Å². The number of hydrogen-bond acceptors (Lipinski definition) is 6. The van der Waals surface area contributed by atoms with Crippen LogP contribution in [0.5, 0.6) is 0 Å². The van der Waals surface area contributed by atoms with Crippen molar-refractivity contribution in [1.82, 2.24) is 14.9 Å². The molecule has 0 bridgehead atoms. The number of amides is 2. The number of sulfonamides is 1. The molecule has 156 valence electrons. The van der Waals surface area contributed by atoms with Gasteiger partial charge in [0.15, 0.2) is 0 Å². The summed E-state index contributed by atoms with van der Waals surface area (Å²) >= 11 is 0. The van der Waals surface area contributed by atoms with Crippen LogP contribution in [0.15, 0.2) is 17.6 Å². The maximum Gasteiger partial charge on any atom is 0.405 e. The molecule has 2 amide bonds. The summed E-state index contributed by atoms with van der Waals surface area (Å²) in [7, 11) is -2.14. The molecule has 28 heavy (non-hydrogen) atoms. The van der Waals surface area contributed by atoms with E-state index in [1.54, 1.807) is 6.08 Å². The lowest BCUT2D eigenvalue weighted by Gasteiger charge is -2.31. The highest BCUT2D eigenvalue weighted by Crippen LogP contribution is 2.35. The lowest BCUT2D eigenvalue weighted by Crippen LogP contribution is -2.55. The third kappa shape index (κ3) is 4.64. The van der Waals surface area contributed by atoms with Crippen molar-refractivity contribution in [3.8, 4) is 0 Å². The first-order valence-electron chi connectivity index (χ1n) is 9.27. The minimum atomic E-state index is -3.67. The van der Waals surface area contributed by atoms with Gasteiger partial charge in [0.25, 0.3) is 0 Å². The Labute approximate surface area is 164 Å². The molecule has 11 heteroatoms. The fourth-order valence-electron chi connectivity index (χ4n) is 3.73. The highest BCUT2D eigenvalue weighted by Gasteiger charge is 2.44. The molecule has 0 aromatic carbocycles. The lowest BCUT2D eigenvalue weighted by atomic mass is 10.1. The SMILES string of the molecule is C=CC1CC1N=C1NS(=O)(=O)CCCC(NC(=O)O)C(=O)N2CC(OC)CC12. The molecule has 2 aliphatic heterocycles. The molecule has 1 aliphatic carbocycles. The standard InChI is InChI=1S/C17H26N4O6S/c1-3-10-7-13(10)18-15-14-8-11(27-2)9-21(14)16(22)12(19-17(23)24)5-4-6-28(25,26)20-15/h3,10-14,19H,1,4-9H2,2H3,(H,18,20)(H,23,24). The second-order valence-electron chi connectivity index (χ2n) is 7.38. The number of hydrogen-bond donors (Lipinski definition) is 3. The number of carbonyl (C=O) groups is 2. The Hall–Kier alpha value is -2.14. The van der Waals surface area contributed by atoms with Crippen LogP contribution < -0.4 is 10.0 Å². The smallest absolute Gasteiger partial charge is 0.405 e. The largest absolute Gasteiger partial charge is 0.465 e. The maximum absolute atomic E-state index is 13.1. The molecular weight excluding hydrogens is 388 g/mol. The van der Waals surface area contributed by atoms with E-state index in [1.165, 1.54) is 12.0 Å².